The molecule has 0 amide bonds. The summed E-state index contributed by atoms with van der Waals surface area (Å²) in [4.78, 5) is 0. The fraction of sp³-hybridized carbons (Fsp3) is 0.714. The normalized spacial score (nSPS) is 16.0. The predicted molar refractivity (Wildman–Crippen MR) is 209 cm³/mol. The Morgan fingerprint density at radius 2 is 1.33 bits per heavy atom. The molecule has 0 saturated heterocycles. The molecule has 6 atom stereocenters. The van der Waals surface area contributed by atoms with E-state index in [0.717, 1.165) is 74.3 Å². The minimum absolute atomic E-state index is 0.0359. The van der Waals surface area contributed by atoms with Crippen molar-refractivity contribution in [3.8, 4) is 0 Å². The molecule has 0 heterocycles. The smallest absolute Gasteiger partial charge is 0.0919 e. The molecular formula is C42H78N4. The molecular weight excluding hydrogens is 560 g/mol. The third kappa shape index (κ3) is 15.0. The number of rotatable bonds is 24. The van der Waals surface area contributed by atoms with E-state index in [1.54, 1.807) is 0 Å². The van der Waals surface area contributed by atoms with E-state index in [1.165, 1.54) is 11.1 Å². The van der Waals surface area contributed by atoms with Crippen LogP contribution in [-0.2, 0) is 0 Å². The van der Waals surface area contributed by atoms with Gasteiger partial charge in [0.25, 0.3) is 0 Å². The quantitative estimate of drug-likeness (QED) is 0.0627. The lowest BCUT2D eigenvalue weighted by molar-refractivity contribution is 0.179. The molecule has 0 aliphatic heterocycles. The number of allylic oxidation sites excluding steroid dienone is 2. The van der Waals surface area contributed by atoms with Crippen LogP contribution in [0.15, 0.2) is 73.4 Å². The summed E-state index contributed by atoms with van der Waals surface area (Å²) in [6.07, 6.45) is 7.07. The number of hydrogen-bond donors (Lipinski definition) is 4. The lowest BCUT2D eigenvalue weighted by atomic mass is 9.69. The second-order valence-corrected chi connectivity index (χ2v) is 16.6. The van der Waals surface area contributed by atoms with Crippen LogP contribution < -0.4 is 21.3 Å². The monoisotopic (exact) mass is 639 g/mol. The maximum absolute atomic E-state index is 4.77. The zero-order chi connectivity index (χ0) is 36.0. The van der Waals surface area contributed by atoms with E-state index >= 15 is 0 Å². The van der Waals surface area contributed by atoms with Gasteiger partial charge in [0, 0.05) is 29.9 Å². The minimum Gasteiger partial charge on any atom is -0.385 e. The molecule has 0 spiro atoms. The molecule has 0 saturated carbocycles. The minimum atomic E-state index is -0.0681. The van der Waals surface area contributed by atoms with Crippen LogP contribution in [0.25, 0.3) is 0 Å². The highest BCUT2D eigenvalue weighted by Gasteiger charge is 2.36. The van der Waals surface area contributed by atoms with E-state index in [4.69, 9.17) is 13.2 Å². The number of hydrogen-bond acceptors (Lipinski definition) is 4. The summed E-state index contributed by atoms with van der Waals surface area (Å²) < 4.78 is 0. The van der Waals surface area contributed by atoms with Crippen molar-refractivity contribution in [2.75, 3.05) is 6.54 Å². The largest absolute Gasteiger partial charge is 0.385 e. The summed E-state index contributed by atoms with van der Waals surface area (Å²) in [5.41, 5.74) is 5.44. The van der Waals surface area contributed by atoms with Crippen LogP contribution in [0.5, 0.6) is 0 Å². The van der Waals surface area contributed by atoms with Gasteiger partial charge in [-0.3, -0.25) is 0 Å². The van der Waals surface area contributed by atoms with Gasteiger partial charge in [-0.25, -0.2) is 0 Å². The summed E-state index contributed by atoms with van der Waals surface area (Å²) in [5.74, 6) is 2.57. The summed E-state index contributed by atoms with van der Waals surface area (Å²) in [7, 11) is 0. The summed E-state index contributed by atoms with van der Waals surface area (Å²) >= 11 is 0. The first-order valence-corrected chi connectivity index (χ1v) is 18.2. The lowest BCUT2D eigenvalue weighted by Gasteiger charge is -2.42. The van der Waals surface area contributed by atoms with E-state index in [9.17, 15) is 0 Å². The van der Waals surface area contributed by atoms with E-state index in [2.05, 4.69) is 138 Å². The van der Waals surface area contributed by atoms with Crippen LogP contribution >= 0.6 is 0 Å². The van der Waals surface area contributed by atoms with Gasteiger partial charge in [0.2, 0.25) is 0 Å². The highest BCUT2D eigenvalue weighted by atomic mass is 15.1. The molecule has 4 heteroatoms. The Kier molecular flexibility index (Phi) is 19.1. The van der Waals surface area contributed by atoms with Crippen molar-refractivity contribution in [1.29, 1.82) is 0 Å². The van der Waals surface area contributed by atoms with Gasteiger partial charge in [-0.1, -0.05) is 140 Å². The van der Waals surface area contributed by atoms with E-state index in [1.807, 2.05) is 0 Å². The van der Waals surface area contributed by atoms with Crippen molar-refractivity contribution in [2.24, 2.45) is 34.5 Å². The maximum atomic E-state index is 4.77. The van der Waals surface area contributed by atoms with Crippen LogP contribution in [-0.4, -0.2) is 24.7 Å². The van der Waals surface area contributed by atoms with Crippen LogP contribution in [0.3, 0.4) is 0 Å². The standard InChI is InChI=1S/C42H78N4/c1-20-23-37(32(10)33(11)43-26-21-2)44-34(12)36(39(29(6)7)30(8)22-3)27-31(9)40(42(17,18)19)46-35(13)45-38(41(14,15)16)25-24-28(4)5/h29-30,36-40,43-46H,4,9-13,20-27H2,1-3,5-8,14-19H3. The fourth-order valence-electron chi connectivity index (χ4n) is 6.70. The first-order chi connectivity index (χ1) is 21.1. The van der Waals surface area contributed by atoms with E-state index < -0.39 is 0 Å². The van der Waals surface area contributed by atoms with Gasteiger partial charge in [-0.15, -0.1) is 6.58 Å². The van der Waals surface area contributed by atoms with Gasteiger partial charge in [-0.05, 0) is 73.2 Å². The lowest BCUT2D eigenvalue weighted by Crippen LogP contribution is -2.49. The Hall–Kier alpha value is -2.36. The van der Waals surface area contributed by atoms with Gasteiger partial charge in [-0.2, -0.15) is 0 Å². The average Bonchev–Trinajstić information content (AvgIpc) is 2.93. The Labute approximate surface area is 288 Å². The Bertz CT molecular complexity index is 1000. The molecule has 266 valence electrons. The maximum Gasteiger partial charge on any atom is 0.0919 e. The topological polar surface area (TPSA) is 48.1 Å². The SMILES string of the molecule is C=C(C)CCC(NC(=C)NC(C(=C)CC(C(=C)NC(CCC)C(=C)C(=C)NCCC)C(C(C)C)C(C)CC)C(C)(C)C)C(C)(C)C. The predicted octanol–water partition coefficient (Wildman–Crippen LogP) is 11.0. The summed E-state index contributed by atoms with van der Waals surface area (Å²) in [6.45, 7) is 57.5. The molecule has 0 aromatic heterocycles. The van der Waals surface area contributed by atoms with Crippen molar-refractivity contribution in [3.05, 3.63) is 73.4 Å². The molecule has 4 nitrogen and oxygen atoms in total. The zero-order valence-electron chi connectivity index (χ0n) is 32.9. The second-order valence-electron chi connectivity index (χ2n) is 16.6. The Balaban J connectivity index is 6.42. The molecule has 0 aliphatic rings. The molecule has 0 aromatic carbocycles. The van der Waals surface area contributed by atoms with Gasteiger partial charge >= 0.3 is 0 Å². The molecule has 0 aliphatic carbocycles. The first kappa shape index (κ1) is 43.6. The van der Waals surface area contributed by atoms with Crippen LogP contribution in [0.2, 0.25) is 0 Å². The van der Waals surface area contributed by atoms with Crippen LogP contribution in [0.4, 0.5) is 0 Å². The van der Waals surface area contributed by atoms with Crippen molar-refractivity contribution < 1.29 is 0 Å². The molecule has 0 radical (unpaired) electrons. The molecule has 4 N–H and O–H groups in total. The van der Waals surface area contributed by atoms with Gasteiger partial charge in [0.1, 0.15) is 0 Å². The van der Waals surface area contributed by atoms with E-state index in [-0.39, 0.29) is 34.9 Å². The second kappa shape index (κ2) is 20.1. The van der Waals surface area contributed by atoms with E-state index in [0.29, 0.717) is 17.8 Å². The first-order valence-electron chi connectivity index (χ1n) is 18.2. The van der Waals surface area contributed by atoms with Gasteiger partial charge < -0.3 is 21.3 Å². The van der Waals surface area contributed by atoms with Crippen molar-refractivity contribution in [2.45, 2.75) is 153 Å². The van der Waals surface area contributed by atoms with Crippen molar-refractivity contribution in [1.82, 2.24) is 21.3 Å². The molecule has 46 heavy (non-hydrogen) atoms. The van der Waals surface area contributed by atoms with Crippen LogP contribution in [0.1, 0.15) is 135 Å². The molecule has 0 rings (SSSR count). The summed E-state index contributed by atoms with van der Waals surface area (Å²) in [6, 6.07) is 0.397. The average molecular weight is 639 g/mol. The molecule has 0 fully saturated rings. The zero-order valence-corrected chi connectivity index (χ0v) is 32.9. The highest BCUT2D eigenvalue weighted by Crippen LogP contribution is 2.40. The molecule has 6 unspecified atom stereocenters. The van der Waals surface area contributed by atoms with Gasteiger partial charge in [0.15, 0.2) is 0 Å². The number of nitrogens with one attached hydrogen (secondary N) is 4. The third-order valence-corrected chi connectivity index (χ3v) is 9.65. The molecule has 0 bridgehead atoms. The fourth-order valence-corrected chi connectivity index (χ4v) is 6.70. The Morgan fingerprint density at radius 1 is 0.739 bits per heavy atom. The van der Waals surface area contributed by atoms with Crippen LogP contribution in [0, 0.1) is 34.5 Å². The Morgan fingerprint density at radius 3 is 1.76 bits per heavy atom. The summed E-state index contributed by atoms with van der Waals surface area (Å²) in [5, 5.41) is 14.9. The van der Waals surface area contributed by atoms with Crippen molar-refractivity contribution in [3.63, 3.8) is 0 Å². The van der Waals surface area contributed by atoms with Gasteiger partial charge in [0.05, 0.1) is 17.9 Å². The highest BCUT2D eigenvalue weighted by molar-refractivity contribution is 5.30. The van der Waals surface area contributed by atoms with Crippen molar-refractivity contribution >= 4 is 0 Å². The third-order valence-electron chi connectivity index (χ3n) is 9.65. The molecule has 0 aromatic rings.